The molecule has 0 unspecified atom stereocenters. The number of aryl methyl sites for hydroxylation is 1. The predicted molar refractivity (Wildman–Crippen MR) is 110 cm³/mol. The number of aliphatic hydroxyl groups excluding tert-OH is 2. The van der Waals surface area contributed by atoms with E-state index in [0.29, 0.717) is 24.8 Å². The lowest BCUT2D eigenvalue weighted by Crippen LogP contribution is -2.17. The number of aromatic hydroxyl groups is 1. The second-order valence-corrected chi connectivity index (χ2v) is 7.03. The molecule has 0 amide bonds. The first-order valence-electron chi connectivity index (χ1n) is 9.63. The Morgan fingerprint density at radius 2 is 1.83 bits per heavy atom. The summed E-state index contributed by atoms with van der Waals surface area (Å²) in [5.74, 6) is -0.980. The summed E-state index contributed by atoms with van der Waals surface area (Å²) in [6.45, 7) is 1.80. The number of hydrogen-bond donors (Lipinski definition) is 3. The number of ketones is 1. The average molecular weight is 406 g/mol. The third-order valence-electron chi connectivity index (χ3n) is 4.58. The molecule has 0 aromatic heterocycles. The number of carbonyl (C=O) groups is 2. The van der Waals surface area contributed by atoms with E-state index in [2.05, 4.69) is 0 Å². The van der Waals surface area contributed by atoms with Gasteiger partial charge < -0.3 is 25.5 Å². The monoisotopic (exact) mass is 406 g/mol. The van der Waals surface area contributed by atoms with Crippen molar-refractivity contribution in [3.63, 3.8) is 0 Å². The standard InChI is InChI=1S/C22H28O6.H2O/c1-15-6-4-8-17(24)14-18(25)9-5-10-19-16(7-2-3-13-23)11-12-20(26)21(19)22(27)28-15;/h4-5,8,10-12,15,18,23,25-26H,2-3,6-7,9,13-14H2,1H3;1H2/b8-4-,10-5+;/t15-,18-;/m0./s1. The zero-order chi connectivity index (χ0) is 20.5. The number of hydrogen-bond acceptors (Lipinski definition) is 6. The molecule has 0 spiro atoms. The molecule has 7 heteroatoms. The number of aliphatic hydroxyl groups is 2. The van der Waals surface area contributed by atoms with Crippen molar-refractivity contribution >= 4 is 17.8 Å². The number of carbonyl (C=O) groups excluding carboxylic acids is 2. The van der Waals surface area contributed by atoms with Gasteiger partial charge in [0.15, 0.2) is 5.78 Å². The van der Waals surface area contributed by atoms with Crippen LogP contribution in [0.1, 0.15) is 60.5 Å². The molecule has 7 nitrogen and oxygen atoms in total. The highest BCUT2D eigenvalue weighted by Gasteiger charge is 2.21. The van der Waals surface area contributed by atoms with Crippen molar-refractivity contribution in [1.29, 1.82) is 0 Å². The molecule has 2 atom stereocenters. The number of ether oxygens (including phenoxy) is 1. The Bertz CT molecular complexity index is 752. The Labute approximate surface area is 170 Å². The van der Waals surface area contributed by atoms with E-state index in [-0.39, 0.29) is 42.0 Å². The number of esters is 1. The van der Waals surface area contributed by atoms with E-state index in [4.69, 9.17) is 9.84 Å². The molecular formula is C22H30O7. The van der Waals surface area contributed by atoms with Crippen LogP contribution in [0.4, 0.5) is 0 Å². The van der Waals surface area contributed by atoms with Crippen molar-refractivity contribution < 1.29 is 35.1 Å². The van der Waals surface area contributed by atoms with Crippen LogP contribution in [0.15, 0.2) is 30.4 Å². The first-order chi connectivity index (χ1) is 13.4. The fourth-order valence-electron chi connectivity index (χ4n) is 3.11. The maximum atomic E-state index is 12.7. The van der Waals surface area contributed by atoms with Crippen molar-refractivity contribution in [2.45, 2.75) is 57.7 Å². The molecule has 0 radical (unpaired) electrons. The fraction of sp³-hybridized carbons (Fsp3) is 0.455. The highest BCUT2D eigenvalue weighted by Crippen LogP contribution is 2.29. The van der Waals surface area contributed by atoms with Gasteiger partial charge in [-0.25, -0.2) is 4.79 Å². The highest BCUT2D eigenvalue weighted by atomic mass is 16.5. The summed E-state index contributed by atoms with van der Waals surface area (Å²) in [5.41, 5.74) is 1.48. The van der Waals surface area contributed by atoms with Gasteiger partial charge >= 0.3 is 5.97 Å². The summed E-state index contributed by atoms with van der Waals surface area (Å²) in [6.07, 6.45) is 7.72. The largest absolute Gasteiger partial charge is 0.507 e. The fourth-order valence-corrected chi connectivity index (χ4v) is 3.11. The average Bonchev–Trinajstić information content (AvgIpc) is 2.62. The number of phenols is 1. The van der Waals surface area contributed by atoms with Crippen LogP contribution in [0.25, 0.3) is 6.08 Å². The molecule has 29 heavy (non-hydrogen) atoms. The van der Waals surface area contributed by atoms with Crippen LogP contribution < -0.4 is 0 Å². The summed E-state index contributed by atoms with van der Waals surface area (Å²) < 4.78 is 5.45. The first-order valence-corrected chi connectivity index (χ1v) is 9.63. The zero-order valence-corrected chi connectivity index (χ0v) is 16.6. The lowest BCUT2D eigenvalue weighted by atomic mass is 9.95. The Balaban J connectivity index is 0.00000420. The lowest BCUT2D eigenvalue weighted by molar-refractivity contribution is -0.116. The van der Waals surface area contributed by atoms with Crippen LogP contribution in [0, 0.1) is 0 Å². The minimum Gasteiger partial charge on any atom is -0.507 e. The van der Waals surface area contributed by atoms with E-state index in [9.17, 15) is 19.8 Å². The van der Waals surface area contributed by atoms with Crippen LogP contribution >= 0.6 is 0 Å². The third kappa shape index (κ3) is 7.45. The number of allylic oxidation sites excluding steroid dienone is 1. The van der Waals surface area contributed by atoms with Gasteiger partial charge in [0.05, 0.1) is 6.10 Å². The molecule has 0 saturated carbocycles. The number of benzene rings is 1. The smallest absolute Gasteiger partial charge is 0.342 e. The van der Waals surface area contributed by atoms with Crippen molar-refractivity contribution in [3.8, 4) is 5.75 Å². The van der Waals surface area contributed by atoms with Crippen LogP contribution in [0.3, 0.4) is 0 Å². The van der Waals surface area contributed by atoms with Crippen LogP contribution in [0.5, 0.6) is 5.75 Å². The molecule has 160 valence electrons. The van der Waals surface area contributed by atoms with Gasteiger partial charge in [0.25, 0.3) is 0 Å². The first kappa shape index (κ1) is 24.6. The molecular weight excluding hydrogens is 376 g/mol. The molecule has 1 aliphatic rings. The number of unbranched alkanes of at least 4 members (excludes halogenated alkanes) is 1. The molecule has 2 rings (SSSR count). The molecule has 0 fully saturated rings. The van der Waals surface area contributed by atoms with Crippen LogP contribution in [0.2, 0.25) is 0 Å². The second kappa shape index (κ2) is 12.2. The van der Waals surface area contributed by atoms with E-state index in [1.807, 2.05) is 0 Å². The lowest BCUT2D eigenvalue weighted by Gasteiger charge is -2.17. The number of fused-ring (bicyclic) bond motifs is 1. The van der Waals surface area contributed by atoms with Crippen LogP contribution in [-0.4, -0.2) is 51.4 Å². The molecule has 1 heterocycles. The maximum Gasteiger partial charge on any atom is 0.342 e. The van der Waals surface area contributed by atoms with Gasteiger partial charge in [-0.15, -0.1) is 0 Å². The van der Waals surface area contributed by atoms with Gasteiger partial charge in [0.1, 0.15) is 17.4 Å². The second-order valence-electron chi connectivity index (χ2n) is 7.03. The maximum absolute atomic E-state index is 12.7. The molecule has 0 bridgehead atoms. The SMILES string of the molecule is C[C@H]1C/C=C\C(=O)C[C@@H](O)C/C=C/c2c(CCCCO)ccc(O)c2C(=O)O1.O. The van der Waals surface area contributed by atoms with E-state index in [0.717, 1.165) is 12.0 Å². The van der Waals surface area contributed by atoms with Crippen LogP contribution in [-0.2, 0) is 16.0 Å². The predicted octanol–water partition coefficient (Wildman–Crippen LogP) is 2.11. The van der Waals surface area contributed by atoms with Gasteiger partial charge in [-0.3, -0.25) is 4.79 Å². The summed E-state index contributed by atoms with van der Waals surface area (Å²) in [4.78, 5) is 24.6. The molecule has 5 N–H and O–H groups in total. The Morgan fingerprint density at radius 3 is 2.55 bits per heavy atom. The molecule has 1 aromatic rings. The summed E-state index contributed by atoms with van der Waals surface area (Å²) in [6, 6.07) is 3.22. The van der Waals surface area contributed by atoms with Gasteiger partial charge in [-0.1, -0.05) is 24.3 Å². The van der Waals surface area contributed by atoms with Crippen molar-refractivity contribution in [2.24, 2.45) is 0 Å². The van der Waals surface area contributed by atoms with Gasteiger partial charge in [-0.2, -0.15) is 0 Å². The highest BCUT2D eigenvalue weighted by molar-refractivity contribution is 5.97. The number of phenolic OH excluding ortho intramolecular Hbond substituents is 1. The van der Waals surface area contributed by atoms with Gasteiger partial charge in [-0.05, 0) is 55.9 Å². The van der Waals surface area contributed by atoms with E-state index in [1.165, 1.54) is 12.1 Å². The van der Waals surface area contributed by atoms with Gasteiger partial charge in [0.2, 0.25) is 0 Å². The topological polar surface area (TPSA) is 136 Å². The normalized spacial score (nSPS) is 22.6. The van der Waals surface area contributed by atoms with Crippen molar-refractivity contribution in [3.05, 3.63) is 47.1 Å². The minimum atomic E-state index is -0.820. The Kier molecular flexibility index (Phi) is 10.3. The Morgan fingerprint density at radius 1 is 1.10 bits per heavy atom. The quantitative estimate of drug-likeness (QED) is 0.518. The number of rotatable bonds is 4. The molecule has 1 aliphatic heterocycles. The molecule has 0 aliphatic carbocycles. The third-order valence-corrected chi connectivity index (χ3v) is 4.58. The van der Waals surface area contributed by atoms with Crippen molar-refractivity contribution in [1.82, 2.24) is 0 Å². The van der Waals surface area contributed by atoms with Crippen molar-refractivity contribution in [2.75, 3.05) is 6.61 Å². The van der Waals surface area contributed by atoms with E-state index in [1.54, 1.807) is 31.2 Å². The molecule has 1 aromatic carbocycles. The summed E-state index contributed by atoms with van der Waals surface area (Å²) in [5, 5.41) is 29.4. The van der Waals surface area contributed by atoms with E-state index < -0.39 is 18.2 Å². The summed E-state index contributed by atoms with van der Waals surface area (Å²) >= 11 is 0. The number of cyclic esters (lactones) is 1. The minimum absolute atomic E-state index is 0. The zero-order valence-electron chi connectivity index (χ0n) is 16.6. The van der Waals surface area contributed by atoms with E-state index >= 15 is 0 Å². The Hall–Kier alpha value is -2.48. The molecule has 0 saturated heterocycles. The van der Waals surface area contributed by atoms with Gasteiger partial charge in [0, 0.05) is 19.4 Å². The summed E-state index contributed by atoms with van der Waals surface area (Å²) in [7, 11) is 0.